The summed E-state index contributed by atoms with van der Waals surface area (Å²) in [6.45, 7) is 5.93. The van der Waals surface area contributed by atoms with Crippen LogP contribution in [0.3, 0.4) is 0 Å². The van der Waals surface area contributed by atoms with Gasteiger partial charge in [0.15, 0.2) is 5.82 Å². The highest BCUT2D eigenvalue weighted by Gasteiger charge is 2.27. The lowest BCUT2D eigenvalue weighted by atomic mass is 9.87. The van der Waals surface area contributed by atoms with Gasteiger partial charge in [-0.15, -0.1) is 0 Å². The number of benzene rings is 1. The normalized spacial score (nSPS) is 13.6. The first kappa shape index (κ1) is 14.0. The molecule has 19 heavy (non-hydrogen) atoms. The number of halogens is 2. The fourth-order valence-electron chi connectivity index (χ4n) is 1.53. The van der Waals surface area contributed by atoms with Gasteiger partial charge in [-0.1, -0.05) is 43.6 Å². The third kappa shape index (κ3) is 2.77. The lowest BCUT2D eigenvalue weighted by Gasteiger charge is -2.23. The zero-order valence-corrected chi connectivity index (χ0v) is 11.7. The van der Waals surface area contributed by atoms with Crippen LogP contribution in [0.4, 0.5) is 4.39 Å². The van der Waals surface area contributed by atoms with Crippen molar-refractivity contribution < 1.29 is 8.91 Å². The summed E-state index contributed by atoms with van der Waals surface area (Å²) in [5.74, 6) is 0.0149. The number of rotatable bonds is 2. The molecular weight excluding hydrogens is 269 g/mol. The molecule has 0 radical (unpaired) electrons. The molecule has 1 heterocycles. The molecule has 1 aromatic heterocycles. The Bertz CT molecular complexity index is 592. The molecule has 1 aromatic carbocycles. The summed E-state index contributed by atoms with van der Waals surface area (Å²) >= 11 is 5.87. The molecule has 4 nitrogen and oxygen atoms in total. The van der Waals surface area contributed by atoms with Crippen LogP contribution in [0.1, 0.15) is 32.6 Å². The molecule has 2 aromatic rings. The van der Waals surface area contributed by atoms with E-state index in [1.54, 1.807) is 6.07 Å². The fourth-order valence-corrected chi connectivity index (χ4v) is 1.73. The number of hydrogen-bond acceptors (Lipinski definition) is 4. The Morgan fingerprint density at radius 3 is 2.68 bits per heavy atom. The average molecular weight is 284 g/mol. The van der Waals surface area contributed by atoms with E-state index in [0.717, 1.165) is 0 Å². The van der Waals surface area contributed by atoms with Gasteiger partial charge in [-0.05, 0) is 17.5 Å². The van der Waals surface area contributed by atoms with E-state index in [-0.39, 0.29) is 22.4 Å². The highest BCUT2D eigenvalue weighted by molar-refractivity contribution is 6.33. The maximum Gasteiger partial charge on any atom is 0.259 e. The topological polar surface area (TPSA) is 64.9 Å². The average Bonchev–Trinajstić information content (AvgIpc) is 2.79. The van der Waals surface area contributed by atoms with Crippen molar-refractivity contribution in [1.82, 2.24) is 10.1 Å². The summed E-state index contributed by atoms with van der Waals surface area (Å²) in [5, 5.41) is 3.80. The summed E-state index contributed by atoms with van der Waals surface area (Å²) < 4.78 is 18.5. The SMILES string of the molecule is CC(C)(C)C(N)c1noc(-c2cccc(F)c2Cl)n1. The second-order valence-electron chi connectivity index (χ2n) is 5.40. The number of aromatic nitrogens is 2. The third-order valence-corrected chi connectivity index (χ3v) is 3.22. The van der Waals surface area contributed by atoms with Gasteiger partial charge in [0.2, 0.25) is 0 Å². The minimum absolute atomic E-state index is 0.0398. The molecule has 102 valence electrons. The highest BCUT2D eigenvalue weighted by atomic mass is 35.5. The van der Waals surface area contributed by atoms with Crippen molar-refractivity contribution in [2.24, 2.45) is 11.1 Å². The summed E-state index contributed by atoms with van der Waals surface area (Å²) in [5.41, 5.74) is 6.20. The van der Waals surface area contributed by atoms with Crippen molar-refractivity contribution in [3.05, 3.63) is 34.9 Å². The smallest absolute Gasteiger partial charge is 0.259 e. The molecule has 6 heteroatoms. The molecule has 2 rings (SSSR count). The van der Waals surface area contributed by atoms with Gasteiger partial charge in [-0.2, -0.15) is 4.98 Å². The Kier molecular flexibility index (Phi) is 3.60. The maximum absolute atomic E-state index is 13.4. The molecule has 0 aliphatic rings. The van der Waals surface area contributed by atoms with Gasteiger partial charge in [0, 0.05) is 0 Å². The lowest BCUT2D eigenvalue weighted by Crippen LogP contribution is -2.27. The standard InChI is InChI=1S/C13H15ClFN3O/c1-13(2,3)10(16)11-17-12(19-18-11)7-5-4-6-8(15)9(7)14/h4-6,10H,16H2,1-3H3. The molecule has 0 bridgehead atoms. The van der Waals surface area contributed by atoms with Gasteiger partial charge in [-0.25, -0.2) is 4.39 Å². The molecule has 0 fully saturated rings. The van der Waals surface area contributed by atoms with Crippen molar-refractivity contribution in [1.29, 1.82) is 0 Å². The fraction of sp³-hybridized carbons (Fsp3) is 0.385. The largest absolute Gasteiger partial charge is 0.334 e. The lowest BCUT2D eigenvalue weighted by molar-refractivity contribution is 0.303. The molecule has 2 N–H and O–H groups in total. The maximum atomic E-state index is 13.4. The van der Waals surface area contributed by atoms with Crippen LogP contribution in [0.2, 0.25) is 5.02 Å². The third-order valence-electron chi connectivity index (χ3n) is 2.83. The van der Waals surface area contributed by atoms with Gasteiger partial charge < -0.3 is 10.3 Å². The van der Waals surface area contributed by atoms with Crippen molar-refractivity contribution in [3.63, 3.8) is 0 Å². The summed E-state index contributed by atoms with van der Waals surface area (Å²) in [7, 11) is 0. The zero-order chi connectivity index (χ0) is 14.2. The second kappa shape index (κ2) is 4.90. The van der Waals surface area contributed by atoms with E-state index in [1.165, 1.54) is 12.1 Å². The second-order valence-corrected chi connectivity index (χ2v) is 5.78. The Morgan fingerprint density at radius 2 is 2.05 bits per heavy atom. The van der Waals surface area contributed by atoms with Crippen LogP contribution < -0.4 is 5.73 Å². The highest BCUT2D eigenvalue weighted by Crippen LogP contribution is 2.32. The van der Waals surface area contributed by atoms with Crippen LogP contribution in [0, 0.1) is 11.2 Å². The monoisotopic (exact) mass is 283 g/mol. The Balaban J connectivity index is 2.39. The molecule has 1 atom stereocenters. The van der Waals surface area contributed by atoms with Crippen molar-refractivity contribution in [3.8, 4) is 11.5 Å². The van der Waals surface area contributed by atoms with E-state index in [4.69, 9.17) is 21.9 Å². The predicted octanol–water partition coefficient (Wildman–Crippen LogP) is 3.58. The Morgan fingerprint density at radius 1 is 1.37 bits per heavy atom. The molecule has 0 saturated heterocycles. The van der Waals surface area contributed by atoms with Gasteiger partial charge >= 0.3 is 0 Å². The van der Waals surface area contributed by atoms with Crippen LogP contribution >= 0.6 is 11.6 Å². The minimum atomic E-state index is -0.529. The van der Waals surface area contributed by atoms with E-state index >= 15 is 0 Å². The first-order chi connectivity index (χ1) is 8.80. The van der Waals surface area contributed by atoms with E-state index in [2.05, 4.69) is 10.1 Å². The summed E-state index contributed by atoms with van der Waals surface area (Å²) in [6, 6.07) is 4.04. The molecule has 0 aliphatic carbocycles. The van der Waals surface area contributed by atoms with Crippen LogP contribution in [-0.2, 0) is 0 Å². The molecule has 0 spiro atoms. The van der Waals surface area contributed by atoms with E-state index in [0.29, 0.717) is 11.4 Å². The van der Waals surface area contributed by atoms with Crippen LogP contribution in [0.5, 0.6) is 0 Å². The Hall–Kier alpha value is -1.46. The number of nitrogens with two attached hydrogens (primary N) is 1. The van der Waals surface area contributed by atoms with E-state index in [9.17, 15) is 4.39 Å². The first-order valence-electron chi connectivity index (χ1n) is 5.84. The van der Waals surface area contributed by atoms with Gasteiger partial charge in [0.05, 0.1) is 16.6 Å². The molecule has 0 amide bonds. The summed E-state index contributed by atoms with van der Waals surface area (Å²) in [6.07, 6.45) is 0. The summed E-state index contributed by atoms with van der Waals surface area (Å²) in [4.78, 5) is 4.19. The zero-order valence-electron chi connectivity index (χ0n) is 10.9. The quantitative estimate of drug-likeness (QED) is 0.915. The minimum Gasteiger partial charge on any atom is -0.334 e. The molecular formula is C13H15ClFN3O. The van der Waals surface area contributed by atoms with E-state index < -0.39 is 5.82 Å². The predicted molar refractivity (Wildman–Crippen MR) is 71.1 cm³/mol. The van der Waals surface area contributed by atoms with E-state index in [1.807, 2.05) is 20.8 Å². The Labute approximate surface area is 115 Å². The van der Waals surface area contributed by atoms with Crippen molar-refractivity contribution in [2.75, 3.05) is 0 Å². The van der Waals surface area contributed by atoms with Crippen LogP contribution in [0.15, 0.2) is 22.7 Å². The van der Waals surface area contributed by atoms with Gasteiger partial charge in [0.1, 0.15) is 5.82 Å². The number of hydrogen-bond donors (Lipinski definition) is 1. The molecule has 0 aliphatic heterocycles. The van der Waals surface area contributed by atoms with Crippen LogP contribution in [0.25, 0.3) is 11.5 Å². The van der Waals surface area contributed by atoms with Gasteiger partial charge in [0.25, 0.3) is 5.89 Å². The van der Waals surface area contributed by atoms with Crippen LogP contribution in [-0.4, -0.2) is 10.1 Å². The van der Waals surface area contributed by atoms with Crippen molar-refractivity contribution in [2.45, 2.75) is 26.8 Å². The number of nitrogens with zero attached hydrogens (tertiary/aromatic N) is 2. The molecule has 1 unspecified atom stereocenters. The first-order valence-corrected chi connectivity index (χ1v) is 6.22. The van der Waals surface area contributed by atoms with Gasteiger partial charge in [-0.3, -0.25) is 0 Å². The van der Waals surface area contributed by atoms with Crippen molar-refractivity contribution >= 4 is 11.6 Å². The molecule has 0 saturated carbocycles.